The quantitative estimate of drug-likeness (QED) is 0.224. The lowest BCUT2D eigenvalue weighted by Crippen LogP contribution is -2.32. The van der Waals surface area contributed by atoms with E-state index in [1.807, 2.05) is 0 Å². The molecule has 2 aromatic rings. The average molecular weight is 510 g/mol. The lowest BCUT2D eigenvalue weighted by atomic mass is 9.80. The van der Waals surface area contributed by atoms with Crippen LogP contribution in [0.2, 0.25) is 0 Å². The van der Waals surface area contributed by atoms with Crippen LogP contribution in [0.1, 0.15) is 32.3 Å². The van der Waals surface area contributed by atoms with E-state index in [2.05, 4.69) is 10.6 Å². The van der Waals surface area contributed by atoms with E-state index >= 15 is 0 Å². The minimum atomic E-state index is -0.941. The number of non-ortho nitro benzene ring substituents is 1. The predicted octanol–water partition coefficient (Wildman–Crippen LogP) is 3.58. The maximum absolute atomic E-state index is 13.2. The zero-order valence-corrected chi connectivity index (χ0v) is 20.8. The summed E-state index contributed by atoms with van der Waals surface area (Å²) in [5.41, 5.74) is 2.00. The van der Waals surface area contributed by atoms with Crippen LogP contribution in [0.15, 0.2) is 71.1 Å². The summed E-state index contributed by atoms with van der Waals surface area (Å²) < 4.78 is 16.0. The number of methoxy groups -OCH3 is 1. The molecule has 0 fully saturated rings. The van der Waals surface area contributed by atoms with Gasteiger partial charge in [-0.25, -0.2) is 9.59 Å². The van der Waals surface area contributed by atoms with Crippen LogP contribution in [-0.4, -0.2) is 43.1 Å². The number of dihydropyridines is 1. The number of nitrogens with one attached hydrogen (secondary N) is 2. The standard InChI is InChI=1S/C26H27N3O8/c1-15-22(25(31)35-4)24(18-6-5-7-20(14-18)29(33)34)23(16(2)27-15)26(32)37-13-12-36-21-10-8-19(9-11-21)28-17(3)30/h5-11,14,24,27H,12-13H2,1-4H3,(H,28,30)/t24-/m1/s1. The first-order chi connectivity index (χ1) is 17.6. The third kappa shape index (κ3) is 6.51. The molecule has 1 amide bonds. The van der Waals surface area contributed by atoms with Gasteiger partial charge in [0.15, 0.2) is 0 Å². The van der Waals surface area contributed by atoms with Crippen LogP contribution < -0.4 is 15.4 Å². The first-order valence-corrected chi connectivity index (χ1v) is 11.3. The van der Waals surface area contributed by atoms with Gasteiger partial charge in [-0.05, 0) is 43.7 Å². The predicted molar refractivity (Wildman–Crippen MR) is 134 cm³/mol. The molecule has 0 spiro atoms. The fraction of sp³-hybridized carbons (Fsp3) is 0.269. The van der Waals surface area contributed by atoms with Crippen LogP contribution in [0.4, 0.5) is 11.4 Å². The van der Waals surface area contributed by atoms with Gasteiger partial charge in [-0.3, -0.25) is 14.9 Å². The number of hydrogen-bond donors (Lipinski definition) is 2. The summed E-state index contributed by atoms with van der Waals surface area (Å²) in [5.74, 6) is -2.00. The molecule has 0 bridgehead atoms. The largest absolute Gasteiger partial charge is 0.490 e. The van der Waals surface area contributed by atoms with Crippen molar-refractivity contribution in [1.82, 2.24) is 5.32 Å². The monoisotopic (exact) mass is 509 g/mol. The van der Waals surface area contributed by atoms with E-state index in [-0.39, 0.29) is 36.0 Å². The summed E-state index contributed by atoms with van der Waals surface area (Å²) in [6.07, 6.45) is 0. The second-order valence-corrected chi connectivity index (χ2v) is 8.17. The molecule has 1 aliphatic rings. The fourth-order valence-electron chi connectivity index (χ4n) is 4.01. The second-order valence-electron chi connectivity index (χ2n) is 8.17. The first-order valence-electron chi connectivity index (χ1n) is 11.3. The Morgan fingerprint density at radius 2 is 1.65 bits per heavy atom. The third-order valence-corrected chi connectivity index (χ3v) is 5.56. The SMILES string of the molecule is COC(=O)C1=C(C)NC(C)=C(C(=O)OCCOc2ccc(NC(C)=O)cc2)[C@@H]1c1cccc([N+](=O)[O-])c1. The molecule has 0 saturated heterocycles. The first kappa shape index (κ1) is 26.9. The number of nitrogens with zero attached hydrogens (tertiary/aromatic N) is 1. The van der Waals surface area contributed by atoms with Crippen LogP contribution in [0.3, 0.4) is 0 Å². The highest BCUT2D eigenvalue weighted by Gasteiger charge is 2.38. The minimum absolute atomic E-state index is 0.0468. The molecule has 1 aliphatic heterocycles. The molecule has 3 rings (SSSR count). The molecule has 1 atom stereocenters. The van der Waals surface area contributed by atoms with Crippen molar-refractivity contribution in [3.63, 3.8) is 0 Å². The number of ether oxygens (including phenoxy) is 3. The number of esters is 2. The van der Waals surface area contributed by atoms with Gasteiger partial charge in [0.1, 0.15) is 19.0 Å². The average Bonchev–Trinajstić information content (AvgIpc) is 2.86. The molecule has 11 nitrogen and oxygen atoms in total. The minimum Gasteiger partial charge on any atom is -0.490 e. The van der Waals surface area contributed by atoms with Crippen LogP contribution >= 0.6 is 0 Å². The Labute approximate surface area is 213 Å². The molecule has 0 aliphatic carbocycles. The molecule has 0 unspecified atom stereocenters. The van der Waals surface area contributed by atoms with Gasteiger partial charge >= 0.3 is 11.9 Å². The van der Waals surface area contributed by atoms with Crippen LogP contribution in [0, 0.1) is 10.1 Å². The van der Waals surface area contributed by atoms with Crippen LogP contribution in [-0.2, 0) is 23.9 Å². The molecule has 2 aromatic carbocycles. The Balaban J connectivity index is 1.78. The van der Waals surface area contributed by atoms with E-state index in [0.717, 1.165) is 0 Å². The molecule has 1 heterocycles. The highest BCUT2D eigenvalue weighted by molar-refractivity contribution is 6.00. The maximum Gasteiger partial charge on any atom is 0.336 e. The number of benzene rings is 2. The van der Waals surface area contributed by atoms with E-state index in [1.54, 1.807) is 44.2 Å². The number of allylic oxidation sites excluding steroid dienone is 2. The van der Waals surface area contributed by atoms with Crippen molar-refractivity contribution in [2.45, 2.75) is 26.7 Å². The smallest absolute Gasteiger partial charge is 0.336 e. The second kappa shape index (κ2) is 11.8. The van der Waals surface area contributed by atoms with Gasteiger partial charge in [-0.1, -0.05) is 12.1 Å². The highest BCUT2D eigenvalue weighted by Crippen LogP contribution is 2.40. The van der Waals surface area contributed by atoms with E-state index in [4.69, 9.17) is 14.2 Å². The summed E-state index contributed by atoms with van der Waals surface area (Å²) in [5, 5.41) is 17.0. The van der Waals surface area contributed by atoms with Gasteiger partial charge in [0.05, 0.1) is 29.1 Å². The van der Waals surface area contributed by atoms with E-state index in [9.17, 15) is 24.5 Å². The molecule has 0 saturated carbocycles. The van der Waals surface area contributed by atoms with Gasteiger partial charge in [-0.15, -0.1) is 0 Å². The molecule has 2 N–H and O–H groups in total. The number of rotatable bonds is 9. The number of nitro benzene ring substituents is 1. The van der Waals surface area contributed by atoms with Crippen molar-refractivity contribution >= 4 is 29.2 Å². The summed E-state index contributed by atoms with van der Waals surface area (Å²) in [7, 11) is 1.22. The van der Waals surface area contributed by atoms with Crippen molar-refractivity contribution < 1.29 is 33.5 Å². The Hall–Kier alpha value is -4.67. The molecule has 37 heavy (non-hydrogen) atoms. The van der Waals surface area contributed by atoms with Crippen LogP contribution in [0.5, 0.6) is 5.75 Å². The lowest BCUT2D eigenvalue weighted by molar-refractivity contribution is -0.384. The Morgan fingerprint density at radius 3 is 2.24 bits per heavy atom. The molecular formula is C26H27N3O8. The number of carbonyl (C=O) groups excluding carboxylic acids is 3. The van der Waals surface area contributed by atoms with Crippen molar-refractivity contribution in [2.24, 2.45) is 0 Å². The number of amides is 1. The summed E-state index contributed by atoms with van der Waals surface area (Å²) in [4.78, 5) is 47.8. The zero-order valence-electron chi connectivity index (χ0n) is 20.8. The Bertz CT molecular complexity index is 1280. The summed E-state index contributed by atoms with van der Waals surface area (Å²) >= 11 is 0. The lowest BCUT2D eigenvalue weighted by Gasteiger charge is -2.30. The van der Waals surface area contributed by atoms with E-state index < -0.39 is 22.8 Å². The zero-order chi connectivity index (χ0) is 27.1. The maximum atomic E-state index is 13.2. The van der Waals surface area contributed by atoms with Gasteiger partial charge in [0, 0.05) is 36.1 Å². The van der Waals surface area contributed by atoms with Gasteiger partial charge in [0.25, 0.3) is 5.69 Å². The normalized spacial score (nSPS) is 15.0. The molecule has 0 aromatic heterocycles. The number of anilines is 1. The summed E-state index contributed by atoms with van der Waals surface area (Å²) in [6.45, 7) is 4.68. The van der Waals surface area contributed by atoms with Crippen molar-refractivity contribution in [3.8, 4) is 5.75 Å². The molecule has 194 valence electrons. The Kier molecular flexibility index (Phi) is 8.62. The molecule has 11 heteroatoms. The highest BCUT2D eigenvalue weighted by atomic mass is 16.6. The number of carbonyl (C=O) groups is 3. The van der Waals surface area contributed by atoms with E-state index in [0.29, 0.717) is 28.4 Å². The fourth-order valence-corrected chi connectivity index (χ4v) is 4.01. The number of hydrogen-bond acceptors (Lipinski definition) is 9. The van der Waals surface area contributed by atoms with Crippen molar-refractivity contribution in [3.05, 3.63) is 86.7 Å². The topological polar surface area (TPSA) is 146 Å². The van der Waals surface area contributed by atoms with Gasteiger partial charge in [0.2, 0.25) is 5.91 Å². The van der Waals surface area contributed by atoms with E-state index in [1.165, 1.54) is 32.2 Å². The Morgan fingerprint density at radius 1 is 1.00 bits per heavy atom. The van der Waals surface area contributed by atoms with Crippen LogP contribution in [0.25, 0.3) is 0 Å². The van der Waals surface area contributed by atoms with Crippen molar-refractivity contribution in [2.75, 3.05) is 25.6 Å². The number of nitro groups is 1. The van der Waals surface area contributed by atoms with Crippen molar-refractivity contribution in [1.29, 1.82) is 0 Å². The van der Waals surface area contributed by atoms with Gasteiger partial charge < -0.3 is 24.8 Å². The summed E-state index contributed by atoms with van der Waals surface area (Å²) in [6, 6.07) is 12.4. The third-order valence-electron chi connectivity index (χ3n) is 5.56. The molecular weight excluding hydrogens is 482 g/mol. The van der Waals surface area contributed by atoms with Gasteiger partial charge in [-0.2, -0.15) is 0 Å². The molecule has 0 radical (unpaired) electrons.